The van der Waals surface area contributed by atoms with Crippen molar-refractivity contribution >= 4 is 21.9 Å². The number of aliphatic hydroxyl groups is 1. The summed E-state index contributed by atoms with van der Waals surface area (Å²) in [6.45, 7) is 3.16. The Morgan fingerprint density at radius 1 is 1.64 bits per heavy atom. The number of esters is 1. The maximum absolute atomic E-state index is 10.9. The predicted octanol–water partition coefficient (Wildman–Crippen LogP) is 0.673. The quantitative estimate of drug-likeness (QED) is 0.405. The van der Waals surface area contributed by atoms with E-state index in [1.54, 1.807) is 0 Å². The first-order valence-corrected chi connectivity index (χ1v) is 5.64. The van der Waals surface area contributed by atoms with E-state index in [0.717, 1.165) is 6.42 Å². The van der Waals surface area contributed by atoms with Crippen LogP contribution in [0.4, 0.5) is 0 Å². The van der Waals surface area contributed by atoms with Crippen molar-refractivity contribution in [1.82, 2.24) is 5.32 Å². The highest BCUT2D eigenvalue weighted by molar-refractivity contribution is 9.10. The largest absolute Gasteiger partial charge is 0.468 e. The smallest absolute Gasteiger partial charge is 0.320 e. The van der Waals surface area contributed by atoms with Gasteiger partial charge < -0.3 is 15.2 Å². The van der Waals surface area contributed by atoms with Gasteiger partial charge in [-0.25, -0.2) is 0 Å². The van der Waals surface area contributed by atoms with Crippen molar-refractivity contribution in [2.24, 2.45) is 0 Å². The molecule has 0 aromatic carbocycles. The summed E-state index contributed by atoms with van der Waals surface area (Å²) in [6, 6.07) is 0. The molecule has 0 aliphatic carbocycles. The monoisotopic (exact) mass is 267 g/mol. The lowest BCUT2D eigenvalue weighted by molar-refractivity contribution is -0.139. The number of ether oxygens (including phenoxy) is 1. The summed E-state index contributed by atoms with van der Waals surface area (Å²) in [6.07, 6.45) is 1.21. The highest BCUT2D eigenvalue weighted by Crippen LogP contribution is 2.00. The predicted molar refractivity (Wildman–Crippen MR) is 58.5 cm³/mol. The lowest BCUT2D eigenvalue weighted by Gasteiger charge is -2.10. The summed E-state index contributed by atoms with van der Waals surface area (Å²) in [5.74, 6) is -0.284. The number of carbonyl (C=O) groups is 1. The van der Waals surface area contributed by atoms with Crippen LogP contribution in [-0.4, -0.2) is 42.2 Å². The number of hydrogen-bond donors (Lipinski definition) is 2. The molecule has 0 bridgehead atoms. The molecule has 2 atom stereocenters. The molecule has 0 rings (SSSR count). The van der Waals surface area contributed by atoms with Crippen LogP contribution in [0, 0.1) is 0 Å². The van der Waals surface area contributed by atoms with Gasteiger partial charge in [-0.2, -0.15) is 0 Å². The third-order valence-electron chi connectivity index (χ3n) is 1.91. The fraction of sp³-hybridized carbons (Fsp3) is 0.889. The van der Waals surface area contributed by atoms with Gasteiger partial charge in [0.2, 0.25) is 0 Å². The first-order chi connectivity index (χ1) is 6.61. The lowest BCUT2D eigenvalue weighted by atomic mass is 10.2. The number of alkyl halides is 1. The molecule has 2 unspecified atom stereocenters. The third-order valence-corrected chi connectivity index (χ3v) is 2.60. The molecule has 0 aliphatic rings. The van der Waals surface area contributed by atoms with Crippen molar-refractivity contribution in [3.8, 4) is 0 Å². The molecule has 0 aliphatic heterocycles. The summed E-state index contributed by atoms with van der Waals surface area (Å²) in [5.41, 5.74) is 0. The van der Waals surface area contributed by atoms with Gasteiger partial charge in [0.25, 0.3) is 0 Å². The molecule has 0 saturated carbocycles. The number of halogens is 1. The standard InChI is InChI=1S/C9H18BrNO3/c1-3-7(12)4-5-11-6-8(10)9(13)14-2/h7-8,11-12H,3-6H2,1-2H3. The van der Waals surface area contributed by atoms with Crippen molar-refractivity contribution in [1.29, 1.82) is 0 Å². The molecule has 0 aromatic rings. The Kier molecular flexibility index (Phi) is 8.12. The van der Waals surface area contributed by atoms with Crippen molar-refractivity contribution in [3.05, 3.63) is 0 Å². The molecule has 4 nitrogen and oxygen atoms in total. The highest BCUT2D eigenvalue weighted by Gasteiger charge is 2.13. The van der Waals surface area contributed by atoms with Crippen molar-refractivity contribution in [2.75, 3.05) is 20.2 Å². The van der Waals surface area contributed by atoms with E-state index in [4.69, 9.17) is 0 Å². The highest BCUT2D eigenvalue weighted by atomic mass is 79.9. The Morgan fingerprint density at radius 3 is 2.79 bits per heavy atom. The zero-order valence-corrected chi connectivity index (χ0v) is 10.2. The van der Waals surface area contributed by atoms with Crippen LogP contribution in [0.5, 0.6) is 0 Å². The lowest BCUT2D eigenvalue weighted by Crippen LogP contribution is -2.31. The van der Waals surface area contributed by atoms with E-state index in [1.165, 1.54) is 7.11 Å². The van der Waals surface area contributed by atoms with E-state index in [1.807, 2.05) is 6.92 Å². The van der Waals surface area contributed by atoms with Crippen LogP contribution in [0.3, 0.4) is 0 Å². The molecule has 84 valence electrons. The van der Waals surface area contributed by atoms with Crippen LogP contribution in [0.1, 0.15) is 19.8 Å². The second kappa shape index (κ2) is 8.20. The Labute approximate surface area is 93.1 Å². The summed E-state index contributed by atoms with van der Waals surface area (Å²) in [7, 11) is 1.36. The minimum atomic E-state index is -0.314. The maximum atomic E-state index is 10.9. The maximum Gasteiger partial charge on any atom is 0.320 e. The van der Waals surface area contributed by atoms with Crippen molar-refractivity contribution in [3.63, 3.8) is 0 Å². The number of carbonyl (C=O) groups excluding carboxylic acids is 1. The van der Waals surface area contributed by atoms with Crippen LogP contribution < -0.4 is 5.32 Å². The summed E-state index contributed by atoms with van der Waals surface area (Å²) in [4.78, 5) is 10.6. The van der Waals surface area contributed by atoms with Gasteiger partial charge in [0, 0.05) is 6.54 Å². The van der Waals surface area contributed by atoms with E-state index in [2.05, 4.69) is 26.0 Å². The van der Waals surface area contributed by atoms with E-state index >= 15 is 0 Å². The summed E-state index contributed by atoms with van der Waals surface area (Å²) < 4.78 is 4.54. The Bertz CT molecular complexity index is 166. The van der Waals surface area contributed by atoms with E-state index < -0.39 is 0 Å². The SMILES string of the molecule is CCC(O)CCNCC(Br)C(=O)OC. The van der Waals surface area contributed by atoms with Gasteiger partial charge >= 0.3 is 5.97 Å². The average Bonchev–Trinajstić information content (AvgIpc) is 2.22. The minimum Gasteiger partial charge on any atom is -0.468 e. The molecule has 0 radical (unpaired) electrons. The van der Waals surface area contributed by atoms with Crippen LogP contribution >= 0.6 is 15.9 Å². The molecule has 0 aromatic heterocycles. The van der Waals surface area contributed by atoms with Gasteiger partial charge in [0.05, 0.1) is 13.2 Å². The van der Waals surface area contributed by atoms with Crippen molar-refractivity contribution < 1.29 is 14.6 Å². The minimum absolute atomic E-state index is 0.255. The zero-order valence-electron chi connectivity index (χ0n) is 8.62. The van der Waals surface area contributed by atoms with Gasteiger partial charge in [-0.3, -0.25) is 4.79 Å². The third kappa shape index (κ3) is 6.34. The topological polar surface area (TPSA) is 58.6 Å². The Balaban J connectivity index is 3.40. The molecule has 0 amide bonds. The van der Waals surface area contributed by atoms with Gasteiger partial charge in [0.1, 0.15) is 4.83 Å². The Morgan fingerprint density at radius 2 is 2.29 bits per heavy atom. The molecule has 0 fully saturated rings. The van der Waals surface area contributed by atoms with Crippen LogP contribution in [0.25, 0.3) is 0 Å². The normalized spacial score (nSPS) is 14.9. The van der Waals surface area contributed by atoms with Crippen LogP contribution in [0.2, 0.25) is 0 Å². The molecule has 0 heterocycles. The second-order valence-corrected chi connectivity index (χ2v) is 4.15. The summed E-state index contributed by atoms with van der Waals surface area (Å²) in [5, 5.41) is 12.3. The van der Waals surface area contributed by atoms with Gasteiger partial charge in [-0.05, 0) is 19.4 Å². The molecule has 0 spiro atoms. The Hall–Kier alpha value is -0.130. The van der Waals surface area contributed by atoms with Crippen LogP contribution in [-0.2, 0) is 9.53 Å². The molecule has 2 N–H and O–H groups in total. The van der Waals surface area contributed by atoms with E-state index in [9.17, 15) is 9.90 Å². The second-order valence-electron chi connectivity index (χ2n) is 3.05. The van der Waals surface area contributed by atoms with E-state index in [0.29, 0.717) is 19.5 Å². The van der Waals surface area contributed by atoms with Gasteiger partial charge in [0.15, 0.2) is 0 Å². The fourth-order valence-corrected chi connectivity index (χ4v) is 1.33. The number of methoxy groups -OCH3 is 1. The summed E-state index contributed by atoms with van der Waals surface area (Å²) >= 11 is 3.19. The molecule has 5 heteroatoms. The number of nitrogens with one attached hydrogen (secondary N) is 1. The molecular formula is C9H18BrNO3. The van der Waals surface area contributed by atoms with E-state index in [-0.39, 0.29) is 16.9 Å². The molecular weight excluding hydrogens is 250 g/mol. The van der Waals surface area contributed by atoms with Gasteiger partial charge in [-0.1, -0.05) is 22.9 Å². The zero-order chi connectivity index (χ0) is 11.0. The van der Waals surface area contributed by atoms with Crippen LogP contribution in [0.15, 0.2) is 0 Å². The van der Waals surface area contributed by atoms with Gasteiger partial charge in [-0.15, -0.1) is 0 Å². The average molecular weight is 268 g/mol. The first-order valence-electron chi connectivity index (χ1n) is 4.72. The van der Waals surface area contributed by atoms with Crippen molar-refractivity contribution in [2.45, 2.75) is 30.7 Å². The fourth-order valence-electron chi connectivity index (χ4n) is 0.913. The number of hydrogen-bond acceptors (Lipinski definition) is 4. The number of aliphatic hydroxyl groups excluding tert-OH is 1. The number of rotatable bonds is 7. The molecule has 14 heavy (non-hydrogen) atoms. The first kappa shape index (κ1) is 13.9. The molecule has 0 saturated heterocycles.